The molecule has 0 bridgehead atoms. The quantitative estimate of drug-likeness (QED) is 0.805. The molecule has 2 amide bonds. The molecule has 0 aromatic heterocycles. The summed E-state index contributed by atoms with van der Waals surface area (Å²) in [5.74, 6) is -0.472. The number of carbonyl (C=O) groups is 3. The van der Waals surface area contributed by atoms with Gasteiger partial charge in [-0.2, -0.15) is 0 Å². The Kier molecular flexibility index (Phi) is 6.31. The Morgan fingerprint density at radius 1 is 1.00 bits per heavy atom. The second-order valence-corrected chi connectivity index (χ2v) is 5.98. The Morgan fingerprint density at radius 3 is 2.28 bits per heavy atom. The maximum absolute atomic E-state index is 12.1. The highest BCUT2D eigenvalue weighted by Crippen LogP contribution is 2.17. The second-order valence-electron chi connectivity index (χ2n) is 5.54. The topological polar surface area (TPSA) is 66.5 Å². The van der Waals surface area contributed by atoms with E-state index in [0.717, 1.165) is 0 Å². The highest BCUT2D eigenvalue weighted by molar-refractivity contribution is 6.30. The van der Waals surface area contributed by atoms with Crippen LogP contribution in [-0.2, 0) is 4.79 Å². The minimum absolute atomic E-state index is 0.0682. The SMILES string of the molecule is CC(=O)c1cccc(N(CCNC(=O)c2ccc(Cl)cc2)C(C)=O)c1. The number of nitrogens with zero attached hydrogens (tertiary/aromatic N) is 1. The summed E-state index contributed by atoms with van der Waals surface area (Å²) in [5, 5.41) is 3.33. The molecule has 0 aliphatic carbocycles. The molecule has 2 aromatic carbocycles. The van der Waals surface area contributed by atoms with Crippen LogP contribution in [-0.4, -0.2) is 30.7 Å². The van der Waals surface area contributed by atoms with Crippen LogP contribution >= 0.6 is 11.6 Å². The Labute approximate surface area is 151 Å². The predicted octanol–water partition coefficient (Wildman–Crippen LogP) is 3.33. The van der Waals surface area contributed by atoms with Crippen molar-refractivity contribution in [3.05, 3.63) is 64.7 Å². The summed E-state index contributed by atoms with van der Waals surface area (Å²) in [4.78, 5) is 37.0. The van der Waals surface area contributed by atoms with Crippen LogP contribution < -0.4 is 10.2 Å². The number of hydrogen-bond acceptors (Lipinski definition) is 3. The van der Waals surface area contributed by atoms with Gasteiger partial charge in [-0.3, -0.25) is 14.4 Å². The number of ketones is 1. The maximum atomic E-state index is 12.1. The van der Waals surface area contributed by atoms with E-state index in [2.05, 4.69) is 5.32 Å². The van der Waals surface area contributed by atoms with Gasteiger partial charge >= 0.3 is 0 Å². The van der Waals surface area contributed by atoms with Crippen molar-refractivity contribution in [1.29, 1.82) is 0 Å². The van der Waals surface area contributed by atoms with Crippen LogP contribution in [0.3, 0.4) is 0 Å². The lowest BCUT2D eigenvalue weighted by molar-refractivity contribution is -0.116. The zero-order chi connectivity index (χ0) is 18.4. The highest BCUT2D eigenvalue weighted by atomic mass is 35.5. The first kappa shape index (κ1) is 18.7. The number of Topliss-reactive ketones (excluding diaryl/α,β-unsaturated/α-hetero) is 1. The molecule has 0 spiro atoms. The van der Waals surface area contributed by atoms with Gasteiger partial charge in [0.05, 0.1) is 0 Å². The van der Waals surface area contributed by atoms with Crippen LogP contribution in [0.15, 0.2) is 48.5 Å². The minimum atomic E-state index is -0.238. The second kappa shape index (κ2) is 8.44. The summed E-state index contributed by atoms with van der Waals surface area (Å²) in [7, 11) is 0. The van der Waals surface area contributed by atoms with E-state index in [4.69, 9.17) is 11.6 Å². The summed E-state index contributed by atoms with van der Waals surface area (Å²) in [6.45, 7) is 3.51. The first-order chi connectivity index (χ1) is 11.9. The highest BCUT2D eigenvalue weighted by Gasteiger charge is 2.13. The molecular formula is C19H19ClN2O3. The monoisotopic (exact) mass is 358 g/mol. The van der Waals surface area contributed by atoms with Gasteiger partial charge in [-0.1, -0.05) is 23.7 Å². The van der Waals surface area contributed by atoms with E-state index < -0.39 is 0 Å². The standard InChI is InChI=1S/C19H19ClN2O3/c1-13(23)16-4-3-5-18(12-16)22(14(2)24)11-10-21-19(25)15-6-8-17(20)9-7-15/h3-9,12H,10-11H2,1-2H3,(H,21,25). The number of halogens is 1. The van der Waals surface area contributed by atoms with Gasteiger partial charge < -0.3 is 10.2 Å². The molecule has 0 heterocycles. The number of anilines is 1. The fourth-order valence-electron chi connectivity index (χ4n) is 2.35. The van der Waals surface area contributed by atoms with Gasteiger partial charge in [0.1, 0.15) is 0 Å². The van der Waals surface area contributed by atoms with Crippen LogP contribution in [0.5, 0.6) is 0 Å². The van der Waals surface area contributed by atoms with E-state index in [9.17, 15) is 14.4 Å². The smallest absolute Gasteiger partial charge is 0.251 e. The minimum Gasteiger partial charge on any atom is -0.350 e. The van der Waals surface area contributed by atoms with Crippen LogP contribution in [0.1, 0.15) is 34.6 Å². The van der Waals surface area contributed by atoms with E-state index in [1.165, 1.54) is 18.7 Å². The molecule has 0 aliphatic heterocycles. The first-order valence-electron chi connectivity index (χ1n) is 7.81. The summed E-state index contributed by atoms with van der Waals surface area (Å²) in [6, 6.07) is 13.4. The molecule has 0 saturated carbocycles. The van der Waals surface area contributed by atoms with Crippen molar-refractivity contribution >= 4 is 34.9 Å². The van der Waals surface area contributed by atoms with Crippen LogP contribution in [0.2, 0.25) is 5.02 Å². The van der Waals surface area contributed by atoms with Gasteiger partial charge in [0, 0.05) is 41.9 Å². The van der Waals surface area contributed by atoms with Gasteiger partial charge in [0.15, 0.2) is 5.78 Å². The number of rotatable bonds is 6. The van der Waals surface area contributed by atoms with E-state index >= 15 is 0 Å². The summed E-state index contributed by atoms with van der Waals surface area (Å²) < 4.78 is 0. The van der Waals surface area contributed by atoms with Gasteiger partial charge in [0.2, 0.25) is 5.91 Å². The molecule has 1 N–H and O–H groups in total. The lowest BCUT2D eigenvalue weighted by Crippen LogP contribution is -2.37. The van der Waals surface area contributed by atoms with Gasteiger partial charge in [-0.05, 0) is 43.3 Å². The number of amides is 2. The Hall–Kier alpha value is -2.66. The fraction of sp³-hybridized carbons (Fsp3) is 0.211. The Balaban J connectivity index is 2.01. The van der Waals surface area contributed by atoms with Crippen molar-refractivity contribution in [3.8, 4) is 0 Å². The maximum Gasteiger partial charge on any atom is 0.251 e. The van der Waals surface area contributed by atoms with Crippen LogP contribution in [0.4, 0.5) is 5.69 Å². The van der Waals surface area contributed by atoms with E-state index in [-0.39, 0.29) is 24.1 Å². The fourth-order valence-corrected chi connectivity index (χ4v) is 2.47. The van der Waals surface area contributed by atoms with Gasteiger partial charge in [-0.15, -0.1) is 0 Å². The number of nitrogens with one attached hydrogen (secondary N) is 1. The van der Waals surface area contributed by atoms with Crippen LogP contribution in [0.25, 0.3) is 0 Å². The summed E-state index contributed by atoms with van der Waals surface area (Å²) >= 11 is 5.80. The largest absolute Gasteiger partial charge is 0.350 e. The zero-order valence-corrected chi connectivity index (χ0v) is 14.8. The average Bonchev–Trinajstić information content (AvgIpc) is 2.59. The van der Waals surface area contributed by atoms with E-state index in [1.807, 2.05) is 0 Å². The summed E-state index contributed by atoms with van der Waals surface area (Å²) in [6.07, 6.45) is 0. The average molecular weight is 359 g/mol. The molecule has 5 nitrogen and oxygen atoms in total. The Morgan fingerprint density at radius 2 is 1.68 bits per heavy atom. The number of hydrogen-bond donors (Lipinski definition) is 1. The molecule has 0 unspecified atom stereocenters. The van der Waals surface area contributed by atoms with Gasteiger partial charge in [-0.25, -0.2) is 0 Å². The molecule has 0 fully saturated rings. The predicted molar refractivity (Wildman–Crippen MR) is 98.3 cm³/mol. The number of benzene rings is 2. The van der Waals surface area contributed by atoms with Crippen molar-refractivity contribution in [2.75, 3.05) is 18.0 Å². The molecule has 0 aliphatic rings. The van der Waals surface area contributed by atoms with E-state index in [0.29, 0.717) is 28.4 Å². The third-order valence-corrected chi connectivity index (χ3v) is 3.92. The zero-order valence-electron chi connectivity index (χ0n) is 14.1. The van der Waals surface area contributed by atoms with Gasteiger partial charge in [0.25, 0.3) is 5.91 Å². The molecule has 0 saturated heterocycles. The molecule has 0 radical (unpaired) electrons. The molecule has 130 valence electrons. The Bertz CT molecular complexity index is 788. The third kappa shape index (κ3) is 5.16. The first-order valence-corrected chi connectivity index (χ1v) is 8.19. The molecule has 2 rings (SSSR count). The van der Waals surface area contributed by atoms with Crippen molar-refractivity contribution < 1.29 is 14.4 Å². The van der Waals surface area contributed by atoms with E-state index in [1.54, 1.807) is 48.5 Å². The molecule has 0 atom stereocenters. The van der Waals surface area contributed by atoms with Crippen LogP contribution in [0, 0.1) is 0 Å². The lowest BCUT2D eigenvalue weighted by atomic mass is 10.1. The third-order valence-electron chi connectivity index (χ3n) is 3.67. The molecular weight excluding hydrogens is 340 g/mol. The summed E-state index contributed by atoms with van der Waals surface area (Å²) in [5.41, 5.74) is 1.66. The molecule has 6 heteroatoms. The van der Waals surface area contributed by atoms with Crippen molar-refractivity contribution in [2.45, 2.75) is 13.8 Å². The van der Waals surface area contributed by atoms with Crippen molar-refractivity contribution in [2.24, 2.45) is 0 Å². The lowest BCUT2D eigenvalue weighted by Gasteiger charge is -2.22. The molecule has 25 heavy (non-hydrogen) atoms. The van der Waals surface area contributed by atoms with Crippen molar-refractivity contribution in [3.63, 3.8) is 0 Å². The normalized spacial score (nSPS) is 10.2. The number of carbonyl (C=O) groups excluding carboxylic acids is 3. The van der Waals surface area contributed by atoms with Crippen molar-refractivity contribution in [1.82, 2.24) is 5.32 Å². The molecule has 2 aromatic rings.